The first-order valence-corrected chi connectivity index (χ1v) is 5.45. The van der Waals surface area contributed by atoms with E-state index in [0.29, 0.717) is 6.07 Å². The van der Waals surface area contributed by atoms with Crippen molar-refractivity contribution in [3.63, 3.8) is 0 Å². The average Bonchev–Trinajstić information content (AvgIpc) is 2.30. The summed E-state index contributed by atoms with van der Waals surface area (Å²) in [6.45, 7) is 0. The summed E-state index contributed by atoms with van der Waals surface area (Å²) in [5, 5.41) is 0.254. The van der Waals surface area contributed by atoms with E-state index < -0.39 is 17.6 Å². The lowest BCUT2D eigenvalue weighted by atomic mass is 10.0. The SMILES string of the molecule is Nc1ncc(Cl)cc1-c1ccc(C(F)(F)F)c(F)c1. The number of halogens is 5. The fourth-order valence-electron chi connectivity index (χ4n) is 1.59. The van der Waals surface area contributed by atoms with Crippen molar-refractivity contribution in [1.82, 2.24) is 4.98 Å². The molecule has 0 aliphatic heterocycles. The van der Waals surface area contributed by atoms with Crippen LogP contribution in [0.5, 0.6) is 0 Å². The standard InChI is InChI=1S/C12H7ClF4N2/c13-7-4-8(11(18)19-5-7)6-1-2-9(10(14)3-6)12(15,16)17/h1-5H,(H2,18,19). The van der Waals surface area contributed by atoms with E-state index in [0.717, 1.165) is 12.1 Å². The van der Waals surface area contributed by atoms with Crippen molar-refractivity contribution in [1.29, 1.82) is 0 Å². The van der Waals surface area contributed by atoms with Crippen LogP contribution in [0.25, 0.3) is 11.1 Å². The summed E-state index contributed by atoms with van der Waals surface area (Å²) in [6.07, 6.45) is -3.44. The van der Waals surface area contributed by atoms with Gasteiger partial charge in [0.05, 0.1) is 10.6 Å². The third-order valence-corrected chi connectivity index (χ3v) is 2.68. The molecule has 19 heavy (non-hydrogen) atoms. The minimum Gasteiger partial charge on any atom is -0.383 e. The number of hydrogen-bond acceptors (Lipinski definition) is 2. The molecule has 0 saturated heterocycles. The van der Waals surface area contributed by atoms with Gasteiger partial charge < -0.3 is 5.73 Å². The molecule has 1 heterocycles. The van der Waals surface area contributed by atoms with E-state index in [1.807, 2.05) is 0 Å². The molecule has 0 aliphatic carbocycles. The van der Waals surface area contributed by atoms with Crippen LogP contribution in [0.2, 0.25) is 5.02 Å². The third-order valence-electron chi connectivity index (χ3n) is 2.47. The Labute approximate surface area is 110 Å². The lowest BCUT2D eigenvalue weighted by molar-refractivity contribution is -0.139. The van der Waals surface area contributed by atoms with Gasteiger partial charge in [0.15, 0.2) is 0 Å². The zero-order valence-electron chi connectivity index (χ0n) is 9.30. The number of hydrogen-bond donors (Lipinski definition) is 1. The van der Waals surface area contributed by atoms with Gasteiger partial charge in [0.1, 0.15) is 11.6 Å². The molecule has 0 unspecified atom stereocenters. The van der Waals surface area contributed by atoms with E-state index in [-0.39, 0.29) is 22.0 Å². The van der Waals surface area contributed by atoms with Crippen molar-refractivity contribution in [2.75, 3.05) is 5.73 Å². The van der Waals surface area contributed by atoms with Crippen molar-refractivity contribution in [3.8, 4) is 11.1 Å². The minimum atomic E-state index is -4.74. The quantitative estimate of drug-likeness (QED) is 0.802. The van der Waals surface area contributed by atoms with E-state index in [1.54, 1.807) is 0 Å². The smallest absolute Gasteiger partial charge is 0.383 e. The third kappa shape index (κ3) is 2.78. The van der Waals surface area contributed by atoms with Gasteiger partial charge in [-0.3, -0.25) is 0 Å². The van der Waals surface area contributed by atoms with Crippen LogP contribution in [0.4, 0.5) is 23.4 Å². The number of nitrogens with two attached hydrogens (primary N) is 1. The average molecular weight is 291 g/mol. The van der Waals surface area contributed by atoms with E-state index in [2.05, 4.69) is 4.98 Å². The Balaban J connectivity index is 2.54. The lowest BCUT2D eigenvalue weighted by Crippen LogP contribution is -2.08. The Morgan fingerprint density at radius 3 is 2.42 bits per heavy atom. The molecule has 0 fully saturated rings. The molecule has 7 heteroatoms. The van der Waals surface area contributed by atoms with Gasteiger partial charge in [-0.05, 0) is 23.8 Å². The summed E-state index contributed by atoms with van der Waals surface area (Å²) in [5.74, 6) is -1.31. The first-order chi connectivity index (χ1) is 8.79. The highest BCUT2D eigenvalue weighted by Gasteiger charge is 2.34. The summed E-state index contributed by atoms with van der Waals surface area (Å²) in [4.78, 5) is 3.76. The van der Waals surface area contributed by atoms with E-state index in [9.17, 15) is 17.6 Å². The summed E-state index contributed by atoms with van der Waals surface area (Å²) in [5.41, 5.74) is 4.71. The Kier molecular flexibility index (Phi) is 3.36. The summed E-state index contributed by atoms with van der Waals surface area (Å²) in [6, 6.07) is 3.94. The second-order valence-electron chi connectivity index (χ2n) is 3.78. The predicted octanol–water partition coefficient (Wildman–Crippen LogP) is 4.14. The van der Waals surface area contributed by atoms with Crippen molar-refractivity contribution >= 4 is 17.4 Å². The van der Waals surface area contributed by atoms with Gasteiger partial charge in [-0.25, -0.2) is 9.37 Å². The normalized spacial score (nSPS) is 11.6. The number of nitrogens with zero attached hydrogens (tertiary/aromatic N) is 1. The van der Waals surface area contributed by atoms with Crippen molar-refractivity contribution < 1.29 is 17.6 Å². The summed E-state index contributed by atoms with van der Waals surface area (Å²) in [7, 11) is 0. The van der Waals surface area contributed by atoms with Gasteiger partial charge in [0.2, 0.25) is 0 Å². The van der Waals surface area contributed by atoms with Gasteiger partial charge in [-0.1, -0.05) is 17.7 Å². The molecular weight excluding hydrogens is 284 g/mol. The van der Waals surface area contributed by atoms with Crippen LogP contribution in [0.15, 0.2) is 30.5 Å². The Morgan fingerprint density at radius 1 is 1.16 bits per heavy atom. The van der Waals surface area contributed by atoms with Crippen LogP contribution in [0, 0.1) is 5.82 Å². The molecule has 0 radical (unpaired) electrons. The van der Waals surface area contributed by atoms with Crippen molar-refractivity contribution in [2.45, 2.75) is 6.18 Å². The second-order valence-corrected chi connectivity index (χ2v) is 4.22. The first kappa shape index (κ1) is 13.6. The van der Waals surface area contributed by atoms with Crippen molar-refractivity contribution in [3.05, 3.63) is 46.9 Å². The fourth-order valence-corrected chi connectivity index (χ4v) is 1.75. The van der Waals surface area contributed by atoms with Gasteiger partial charge in [0, 0.05) is 11.8 Å². The van der Waals surface area contributed by atoms with Gasteiger partial charge in [-0.15, -0.1) is 0 Å². The molecule has 2 N–H and O–H groups in total. The van der Waals surface area contributed by atoms with Crippen LogP contribution in [0.1, 0.15) is 5.56 Å². The van der Waals surface area contributed by atoms with E-state index in [1.165, 1.54) is 12.3 Å². The van der Waals surface area contributed by atoms with Crippen LogP contribution >= 0.6 is 11.6 Å². The minimum absolute atomic E-state index is 0.0589. The van der Waals surface area contributed by atoms with Gasteiger partial charge in [-0.2, -0.15) is 13.2 Å². The number of rotatable bonds is 1. The van der Waals surface area contributed by atoms with Crippen LogP contribution < -0.4 is 5.73 Å². The predicted molar refractivity (Wildman–Crippen MR) is 64.1 cm³/mol. The monoisotopic (exact) mass is 290 g/mol. The largest absolute Gasteiger partial charge is 0.419 e. The fraction of sp³-hybridized carbons (Fsp3) is 0.0833. The molecule has 0 aliphatic rings. The highest BCUT2D eigenvalue weighted by molar-refractivity contribution is 6.30. The molecular formula is C12H7ClF4N2. The van der Waals surface area contributed by atoms with E-state index in [4.69, 9.17) is 17.3 Å². The molecule has 0 atom stereocenters. The number of aromatic nitrogens is 1. The second kappa shape index (κ2) is 4.70. The Morgan fingerprint density at radius 2 is 1.84 bits per heavy atom. The zero-order chi connectivity index (χ0) is 14.2. The molecule has 100 valence electrons. The molecule has 0 spiro atoms. The maximum Gasteiger partial charge on any atom is 0.419 e. The number of benzene rings is 1. The molecule has 1 aromatic heterocycles. The number of pyridine rings is 1. The lowest BCUT2D eigenvalue weighted by Gasteiger charge is -2.10. The maximum atomic E-state index is 13.4. The van der Waals surface area contributed by atoms with Crippen LogP contribution in [-0.2, 0) is 6.18 Å². The van der Waals surface area contributed by atoms with Crippen LogP contribution in [0.3, 0.4) is 0 Å². The first-order valence-electron chi connectivity index (χ1n) is 5.07. The number of nitrogen functional groups attached to an aromatic ring is 1. The Bertz CT molecular complexity index is 626. The molecule has 2 rings (SSSR count). The van der Waals surface area contributed by atoms with E-state index >= 15 is 0 Å². The highest BCUT2D eigenvalue weighted by atomic mass is 35.5. The molecule has 0 saturated carbocycles. The number of alkyl halides is 3. The molecule has 2 aromatic rings. The molecule has 2 nitrogen and oxygen atoms in total. The van der Waals surface area contributed by atoms with Crippen molar-refractivity contribution in [2.24, 2.45) is 0 Å². The topological polar surface area (TPSA) is 38.9 Å². The number of anilines is 1. The highest BCUT2D eigenvalue weighted by Crippen LogP contribution is 2.34. The van der Waals surface area contributed by atoms with Gasteiger partial charge >= 0.3 is 6.18 Å². The zero-order valence-corrected chi connectivity index (χ0v) is 10.1. The van der Waals surface area contributed by atoms with Gasteiger partial charge in [0.25, 0.3) is 0 Å². The van der Waals surface area contributed by atoms with Crippen LogP contribution in [-0.4, -0.2) is 4.98 Å². The Hall–Kier alpha value is -1.82. The maximum absolute atomic E-state index is 13.4. The molecule has 0 bridgehead atoms. The summed E-state index contributed by atoms with van der Waals surface area (Å²) >= 11 is 5.72. The molecule has 0 amide bonds. The summed E-state index contributed by atoms with van der Waals surface area (Å²) < 4.78 is 50.7. The molecule has 1 aromatic carbocycles.